The number of rotatable bonds is 7. The van der Waals surface area contributed by atoms with Crippen LogP contribution in [0.15, 0.2) is 53.8 Å². The third-order valence-electron chi connectivity index (χ3n) is 5.27. The number of primary amides is 1. The van der Waals surface area contributed by atoms with Crippen molar-refractivity contribution in [1.29, 1.82) is 0 Å². The maximum absolute atomic E-state index is 13.0. The van der Waals surface area contributed by atoms with Crippen LogP contribution in [0.2, 0.25) is 0 Å². The van der Waals surface area contributed by atoms with Crippen molar-refractivity contribution < 1.29 is 19.5 Å². The van der Waals surface area contributed by atoms with Gasteiger partial charge in [-0.2, -0.15) is 0 Å². The molecule has 3 rings (SSSR count). The quantitative estimate of drug-likeness (QED) is 0.544. The van der Waals surface area contributed by atoms with Gasteiger partial charge in [-0.15, -0.1) is 0 Å². The number of carbonyl (C=O) groups excluding carboxylic acids is 3. The molecular weight excluding hydrogens is 346 g/mol. The van der Waals surface area contributed by atoms with E-state index in [9.17, 15) is 19.5 Å². The molecule has 1 heterocycles. The van der Waals surface area contributed by atoms with Gasteiger partial charge >= 0.3 is 0 Å². The second-order valence-electron chi connectivity index (χ2n) is 6.98. The number of amides is 2. The summed E-state index contributed by atoms with van der Waals surface area (Å²) in [6.07, 6.45) is 3.57. The number of Topliss-reactive ketones (excluding diaryl/α,β-unsaturated/α-hetero) is 1. The van der Waals surface area contributed by atoms with Gasteiger partial charge in [0, 0.05) is 24.9 Å². The molecule has 7 heteroatoms. The zero-order valence-corrected chi connectivity index (χ0v) is 15.1. The number of benzene rings is 1. The molecular formula is C20H23N3O4. The predicted molar refractivity (Wildman–Crippen MR) is 99.0 cm³/mol. The topological polar surface area (TPSA) is 122 Å². The van der Waals surface area contributed by atoms with Crippen LogP contribution in [0.3, 0.4) is 0 Å². The lowest BCUT2D eigenvalue weighted by Gasteiger charge is -2.34. The molecule has 0 aromatic heterocycles. The number of dihydropyridines is 1. The standard InChI is InChI=1S/C20H23N3O4/c1-12(25)20(17-8-15(17)11-24,16-5-3-2-4-6-16)23-19(27)14-7-13(18(21)26)9-22-10-14/h2-7,10,15,17,22,24H,8-9,11H2,1H3,(H2,21,26)(H,23,27). The number of carbonyl (C=O) groups is 3. The average molecular weight is 369 g/mol. The molecule has 2 amide bonds. The van der Waals surface area contributed by atoms with Crippen LogP contribution in [0, 0.1) is 11.8 Å². The number of aliphatic hydroxyl groups is 1. The summed E-state index contributed by atoms with van der Waals surface area (Å²) in [7, 11) is 0. The highest BCUT2D eigenvalue weighted by Gasteiger charge is 2.57. The number of nitrogens with two attached hydrogens (primary N) is 1. The fourth-order valence-corrected chi connectivity index (χ4v) is 3.70. The molecule has 1 fully saturated rings. The zero-order chi connectivity index (χ0) is 19.6. The molecule has 0 saturated heterocycles. The molecule has 1 aliphatic heterocycles. The first kappa shape index (κ1) is 18.8. The summed E-state index contributed by atoms with van der Waals surface area (Å²) in [5, 5.41) is 15.3. The molecule has 3 unspecified atom stereocenters. The van der Waals surface area contributed by atoms with Crippen LogP contribution in [0.25, 0.3) is 0 Å². The lowest BCUT2D eigenvalue weighted by molar-refractivity contribution is -0.130. The Kier molecular flexibility index (Phi) is 5.14. The van der Waals surface area contributed by atoms with Crippen molar-refractivity contribution in [2.75, 3.05) is 13.2 Å². The van der Waals surface area contributed by atoms with E-state index < -0.39 is 17.4 Å². The van der Waals surface area contributed by atoms with Gasteiger partial charge in [-0.25, -0.2) is 0 Å². The van der Waals surface area contributed by atoms with Gasteiger partial charge in [-0.3, -0.25) is 14.4 Å². The molecule has 0 bridgehead atoms. The third kappa shape index (κ3) is 3.50. The molecule has 142 valence electrons. The Morgan fingerprint density at radius 1 is 1.30 bits per heavy atom. The van der Waals surface area contributed by atoms with Gasteiger partial charge in [0.25, 0.3) is 5.91 Å². The minimum absolute atomic E-state index is 0.0433. The summed E-state index contributed by atoms with van der Waals surface area (Å²) >= 11 is 0. The van der Waals surface area contributed by atoms with Crippen LogP contribution in [0.1, 0.15) is 18.9 Å². The van der Waals surface area contributed by atoms with Crippen LogP contribution in [0.4, 0.5) is 0 Å². The molecule has 0 radical (unpaired) electrons. The summed E-state index contributed by atoms with van der Waals surface area (Å²) in [5.74, 6) is -1.54. The van der Waals surface area contributed by atoms with Gasteiger partial charge in [0.1, 0.15) is 5.54 Å². The highest BCUT2D eigenvalue weighted by molar-refractivity contribution is 6.04. The summed E-state index contributed by atoms with van der Waals surface area (Å²) in [6.45, 7) is 1.65. The van der Waals surface area contributed by atoms with Gasteiger partial charge in [-0.1, -0.05) is 30.3 Å². The van der Waals surface area contributed by atoms with Gasteiger partial charge in [0.05, 0.1) is 5.57 Å². The van der Waals surface area contributed by atoms with E-state index in [0.29, 0.717) is 12.0 Å². The molecule has 1 saturated carbocycles. The van der Waals surface area contributed by atoms with Crippen molar-refractivity contribution >= 4 is 17.6 Å². The largest absolute Gasteiger partial charge is 0.396 e. The smallest absolute Gasteiger partial charge is 0.253 e. The SMILES string of the molecule is CC(=O)C(NC(=O)C1=CNCC(C(N)=O)=C1)(c1ccccc1)C1CC1CO. The first-order chi connectivity index (χ1) is 12.9. The molecule has 3 atom stereocenters. The number of hydrogen-bond donors (Lipinski definition) is 4. The van der Waals surface area contributed by atoms with Crippen molar-refractivity contribution in [2.24, 2.45) is 17.6 Å². The van der Waals surface area contributed by atoms with Crippen LogP contribution in [-0.4, -0.2) is 35.9 Å². The number of nitrogens with one attached hydrogen (secondary N) is 2. The molecule has 1 aromatic rings. The molecule has 7 nitrogen and oxygen atoms in total. The van der Waals surface area contributed by atoms with Crippen molar-refractivity contribution in [3.8, 4) is 0 Å². The highest BCUT2D eigenvalue weighted by atomic mass is 16.3. The van der Waals surface area contributed by atoms with E-state index in [4.69, 9.17) is 5.73 Å². The minimum atomic E-state index is -1.23. The van der Waals surface area contributed by atoms with E-state index in [1.165, 1.54) is 19.2 Å². The number of ketones is 1. The van der Waals surface area contributed by atoms with Crippen LogP contribution in [0.5, 0.6) is 0 Å². The van der Waals surface area contributed by atoms with Crippen molar-refractivity contribution in [1.82, 2.24) is 10.6 Å². The fraction of sp³-hybridized carbons (Fsp3) is 0.350. The summed E-state index contributed by atoms with van der Waals surface area (Å²) in [5.41, 5.74) is 5.25. The lowest BCUT2D eigenvalue weighted by atomic mass is 9.80. The van der Waals surface area contributed by atoms with E-state index in [1.54, 1.807) is 12.1 Å². The average Bonchev–Trinajstić information content (AvgIpc) is 3.46. The zero-order valence-electron chi connectivity index (χ0n) is 15.1. The second-order valence-corrected chi connectivity index (χ2v) is 6.98. The maximum atomic E-state index is 13.0. The van der Waals surface area contributed by atoms with Gasteiger partial charge in [0.15, 0.2) is 5.78 Å². The van der Waals surface area contributed by atoms with Gasteiger partial charge < -0.3 is 21.5 Å². The fourth-order valence-electron chi connectivity index (χ4n) is 3.70. The van der Waals surface area contributed by atoms with E-state index in [2.05, 4.69) is 10.6 Å². The van der Waals surface area contributed by atoms with Crippen molar-refractivity contribution in [2.45, 2.75) is 18.9 Å². The normalized spacial score (nSPS) is 23.2. The first-order valence-corrected chi connectivity index (χ1v) is 8.84. The van der Waals surface area contributed by atoms with Crippen LogP contribution in [-0.2, 0) is 19.9 Å². The monoisotopic (exact) mass is 369 g/mol. The Labute approximate surface area is 157 Å². The highest BCUT2D eigenvalue weighted by Crippen LogP contribution is 2.51. The number of aliphatic hydroxyl groups excluding tert-OH is 1. The van der Waals surface area contributed by atoms with Crippen molar-refractivity contribution in [3.05, 3.63) is 59.3 Å². The third-order valence-corrected chi connectivity index (χ3v) is 5.27. The Bertz CT molecular complexity index is 831. The van der Waals surface area contributed by atoms with E-state index in [0.717, 1.165) is 0 Å². The molecule has 27 heavy (non-hydrogen) atoms. The van der Waals surface area contributed by atoms with E-state index >= 15 is 0 Å². The van der Waals surface area contributed by atoms with Gasteiger partial charge in [0.2, 0.25) is 5.91 Å². The lowest BCUT2D eigenvalue weighted by Crippen LogP contribution is -2.54. The second kappa shape index (κ2) is 7.36. The van der Waals surface area contributed by atoms with Crippen molar-refractivity contribution in [3.63, 3.8) is 0 Å². The number of hydrogen-bond acceptors (Lipinski definition) is 5. The Hall–Kier alpha value is -2.93. The van der Waals surface area contributed by atoms with Crippen LogP contribution < -0.4 is 16.4 Å². The first-order valence-electron chi connectivity index (χ1n) is 8.84. The molecule has 1 aliphatic carbocycles. The Morgan fingerprint density at radius 2 is 2.00 bits per heavy atom. The van der Waals surface area contributed by atoms with E-state index in [-0.39, 0.29) is 41.9 Å². The summed E-state index contributed by atoms with van der Waals surface area (Å²) in [4.78, 5) is 37.1. The van der Waals surface area contributed by atoms with E-state index in [1.807, 2.05) is 18.2 Å². The predicted octanol–water partition coefficient (Wildman–Crippen LogP) is 0.114. The molecule has 0 spiro atoms. The Balaban J connectivity index is 1.97. The summed E-state index contributed by atoms with van der Waals surface area (Å²) in [6, 6.07) is 9.05. The van der Waals surface area contributed by atoms with Gasteiger partial charge in [-0.05, 0) is 36.8 Å². The van der Waals surface area contributed by atoms with Crippen LogP contribution >= 0.6 is 0 Å². The minimum Gasteiger partial charge on any atom is -0.396 e. The molecule has 5 N–H and O–H groups in total. The summed E-state index contributed by atoms with van der Waals surface area (Å²) < 4.78 is 0. The molecule has 2 aliphatic rings. The molecule has 1 aromatic carbocycles. The maximum Gasteiger partial charge on any atom is 0.253 e. The Morgan fingerprint density at radius 3 is 2.56 bits per heavy atom.